The highest BCUT2D eigenvalue weighted by Crippen LogP contribution is 2.34. The zero-order chi connectivity index (χ0) is 13.8. The van der Waals surface area contributed by atoms with E-state index in [9.17, 15) is 8.42 Å². The van der Waals surface area contributed by atoms with Crippen molar-refractivity contribution in [3.63, 3.8) is 0 Å². The van der Waals surface area contributed by atoms with Gasteiger partial charge in [0.2, 0.25) is 0 Å². The maximum absolute atomic E-state index is 12.1. The highest BCUT2D eigenvalue weighted by molar-refractivity contribution is 7.92. The molecule has 0 amide bonds. The van der Waals surface area contributed by atoms with E-state index in [0.29, 0.717) is 17.6 Å². The minimum Gasteiger partial charge on any atom is -0.317 e. The van der Waals surface area contributed by atoms with Crippen LogP contribution in [-0.4, -0.2) is 32.0 Å². The van der Waals surface area contributed by atoms with E-state index in [4.69, 9.17) is 0 Å². The average molecular weight is 275 g/mol. The van der Waals surface area contributed by atoms with Gasteiger partial charge in [0.25, 0.3) is 0 Å². The van der Waals surface area contributed by atoms with E-state index in [0.717, 1.165) is 19.5 Å². The van der Waals surface area contributed by atoms with Crippen molar-refractivity contribution in [2.45, 2.75) is 58.1 Å². The van der Waals surface area contributed by atoms with Gasteiger partial charge in [0.05, 0.1) is 10.5 Å². The van der Waals surface area contributed by atoms with Crippen molar-refractivity contribution in [2.24, 2.45) is 11.8 Å². The maximum atomic E-state index is 12.1. The number of rotatable bonds is 6. The van der Waals surface area contributed by atoms with Crippen molar-refractivity contribution in [1.29, 1.82) is 0 Å². The van der Waals surface area contributed by atoms with E-state index in [1.807, 2.05) is 0 Å². The van der Waals surface area contributed by atoms with Gasteiger partial charge < -0.3 is 5.32 Å². The standard InChI is InChI=1S/C14H29NO2S/c1-5-15-11-13-8-6-7-12(13)9-10-18(16,17)14(2,3)4/h12-13,15H,5-11H2,1-4H3. The van der Waals surface area contributed by atoms with Gasteiger partial charge >= 0.3 is 0 Å². The summed E-state index contributed by atoms with van der Waals surface area (Å²) in [6.07, 6.45) is 4.56. The average Bonchev–Trinajstić information content (AvgIpc) is 2.69. The van der Waals surface area contributed by atoms with E-state index < -0.39 is 14.6 Å². The summed E-state index contributed by atoms with van der Waals surface area (Å²) in [6.45, 7) is 9.57. The highest BCUT2D eigenvalue weighted by Gasteiger charge is 2.32. The summed E-state index contributed by atoms with van der Waals surface area (Å²) in [5, 5.41) is 3.40. The molecule has 1 aliphatic carbocycles. The Bertz CT molecular complexity index is 343. The van der Waals surface area contributed by atoms with Gasteiger partial charge in [0, 0.05) is 0 Å². The molecule has 2 unspecified atom stereocenters. The molecule has 108 valence electrons. The summed E-state index contributed by atoms with van der Waals surface area (Å²) in [5.41, 5.74) is 0. The molecular weight excluding hydrogens is 246 g/mol. The minimum atomic E-state index is -2.95. The third-order valence-corrected chi connectivity index (χ3v) is 6.80. The SMILES string of the molecule is CCNCC1CCCC1CCS(=O)(=O)C(C)(C)C. The number of sulfone groups is 1. The predicted molar refractivity (Wildman–Crippen MR) is 77.5 cm³/mol. The molecule has 1 rings (SSSR count). The normalized spacial score (nSPS) is 25.6. The Morgan fingerprint density at radius 2 is 1.78 bits per heavy atom. The molecule has 1 fully saturated rings. The summed E-state index contributed by atoms with van der Waals surface area (Å²) in [6, 6.07) is 0. The molecule has 0 aliphatic heterocycles. The van der Waals surface area contributed by atoms with Gasteiger partial charge in [-0.3, -0.25) is 0 Å². The van der Waals surface area contributed by atoms with Crippen LogP contribution in [0.1, 0.15) is 53.4 Å². The molecule has 18 heavy (non-hydrogen) atoms. The Morgan fingerprint density at radius 3 is 2.33 bits per heavy atom. The van der Waals surface area contributed by atoms with Gasteiger partial charge in [-0.1, -0.05) is 19.8 Å². The third kappa shape index (κ3) is 4.23. The van der Waals surface area contributed by atoms with Gasteiger partial charge in [-0.2, -0.15) is 0 Å². The summed E-state index contributed by atoms with van der Waals surface area (Å²) >= 11 is 0. The first-order valence-corrected chi connectivity index (χ1v) is 8.86. The molecule has 0 aromatic carbocycles. The number of hydrogen-bond acceptors (Lipinski definition) is 3. The van der Waals surface area contributed by atoms with Crippen LogP contribution in [0, 0.1) is 11.8 Å². The second kappa shape index (κ2) is 6.38. The molecule has 0 spiro atoms. The van der Waals surface area contributed by atoms with Crippen molar-refractivity contribution in [2.75, 3.05) is 18.8 Å². The molecule has 1 saturated carbocycles. The van der Waals surface area contributed by atoms with Gasteiger partial charge in [-0.05, 0) is 58.5 Å². The van der Waals surface area contributed by atoms with Crippen LogP contribution in [0.5, 0.6) is 0 Å². The van der Waals surface area contributed by atoms with Crippen molar-refractivity contribution in [3.8, 4) is 0 Å². The first-order valence-electron chi connectivity index (χ1n) is 7.21. The molecule has 0 aromatic heterocycles. The monoisotopic (exact) mass is 275 g/mol. The van der Waals surface area contributed by atoms with Crippen molar-refractivity contribution in [3.05, 3.63) is 0 Å². The number of hydrogen-bond donors (Lipinski definition) is 1. The molecule has 0 bridgehead atoms. The van der Waals surface area contributed by atoms with E-state index in [2.05, 4.69) is 12.2 Å². The molecule has 4 heteroatoms. The molecule has 2 atom stereocenters. The van der Waals surface area contributed by atoms with E-state index in [1.165, 1.54) is 19.3 Å². The highest BCUT2D eigenvalue weighted by atomic mass is 32.2. The van der Waals surface area contributed by atoms with Crippen LogP contribution in [0.2, 0.25) is 0 Å². The first kappa shape index (κ1) is 16.0. The summed E-state index contributed by atoms with van der Waals surface area (Å²) in [5.74, 6) is 1.63. The fourth-order valence-electron chi connectivity index (χ4n) is 2.70. The van der Waals surface area contributed by atoms with E-state index in [-0.39, 0.29) is 0 Å². The summed E-state index contributed by atoms with van der Waals surface area (Å²) in [4.78, 5) is 0. The first-order chi connectivity index (χ1) is 8.28. The molecule has 1 N–H and O–H groups in total. The Labute approximate surface area is 113 Å². The minimum absolute atomic E-state index is 0.351. The lowest BCUT2D eigenvalue weighted by Gasteiger charge is -2.23. The van der Waals surface area contributed by atoms with Gasteiger partial charge in [0.15, 0.2) is 9.84 Å². The molecule has 0 heterocycles. The lowest BCUT2D eigenvalue weighted by Crippen LogP contribution is -2.32. The number of nitrogens with one attached hydrogen (secondary N) is 1. The molecule has 3 nitrogen and oxygen atoms in total. The topological polar surface area (TPSA) is 46.2 Å². The van der Waals surface area contributed by atoms with Crippen LogP contribution in [-0.2, 0) is 9.84 Å². The van der Waals surface area contributed by atoms with Gasteiger partial charge in [-0.25, -0.2) is 8.42 Å². The molecule has 0 saturated heterocycles. The van der Waals surface area contributed by atoms with Crippen molar-refractivity contribution in [1.82, 2.24) is 5.32 Å². The van der Waals surface area contributed by atoms with Crippen LogP contribution in [0.25, 0.3) is 0 Å². The largest absolute Gasteiger partial charge is 0.317 e. The Morgan fingerprint density at radius 1 is 1.17 bits per heavy atom. The Balaban J connectivity index is 2.48. The molecular formula is C14H29NO2S. The van der Waals surface area contributed by atoms with E-state index in [1.54, 1.807) is 20.8 Å². The summed E-state index contributed by atoms with van der Waals surface area (Å²) < 4.78 is 23.6. The van der Waals surface area contributed by atoms with Gasteiger partial charge in [0.1, 0.15) is 0 Å². The molecule has 0 radical (unpaired) electrons. The van der Waals surface area contributed by atoms with Crippen LogP contribution in [0.15, 0.2) is 0 Å². The summed E-state index contributed by atoms with van der Waals surface area (Å²) in [7, 11) is -2.95. The van der Waals surface area contributed by atoms with Crippen LogP contribution >= 0.6 is 0 Å². The van der Waals surface area contributed by atoms with Crippen molar-refractivity contribution < 1.29 is 8.42 Å². The second-order valence-electron chi connectivity index (χ2n) is 6.48. The smallest absolute Gasteiger partial charge is 0.155 e. The fraction of sp³-hybridized carbons (Fsp3) is 1.00. The Hall–Kier alpha value is -0.0900. The maximum Gasteiger partial charge on any atom is 0.155 e. The lowest BCUT2D eigenvalue weighted by molar-refractivity contribution is 0.360. The van der Waals surface area contributed by atoms with Crippen LogP contribution < -0.4 is 5.32 Å². The predicted octanol–water partition coefficient (Wildman–Crippen LogP) is 2.62. The third-order valence-electron chi connectivity index (χ3n) is 4.16. The zero-order valence-electron chi connectivity index (χ0n) is 12.3. The Kier molecular flexibility index (Phi) is 5.66. The van der Waals surface area contributed by atoms with Gasteiger partial charge in [-0.15, -0.1) is 0 Å². The van der Waals surface area contributed by atoms with Crippen LogP contribution in [0.4, 0.5) is 0 Å². The molecule has 0 aromatic rings. The van der Waals surface area contributed by atoms with Crippen LogP contribution in [0.3, 0.4) is 0 Å². The zero-order valence-corrected chi connectivity index (χ0v) is 13.1. The quantitative estimate of drug-likeness (QED) is 0.810. The lowest BCUT2D eigenvalue weighted by atomic mass is 9.93. The van der Waals surface area contributed by atoms with Crippen molar-refractivity contribution >= 4 is 9.84 Å². The molecule has 1 aliphatic rings. The van der Waals surface area contributed by atoms with E-state index >= 15 is 0 Å². The fourth-order valence-corrected chi connectivity index (χ4v) is 3.93. The second-order valence-corrected chi connectivity index (χ2v) is 9.34.